The van der Waals surface area contributed by atoms with Crippen LogP contribution in [0.1, 0.15) is 29.8 Å². The van der Waals surface area contributed by atoms with Gasteiger partial charge in [-0.15, -0.1) is 0 Å². The molecule has 1 unspecified atom stereocenters. The summed E-state index contributed by atoms with van der Waals surface area (Å²) in [6, 6.07) is 6.01. The number of aryl methyl sites for hydroxylation is 3. The van der Waals surface area contributed by atoms with E-state index in [9.17, 15) is 0 Å². The summed E-state index contributed by atoms with van der Waals surface area (Å²) >= 11 is 5.41. The smallest absolute Gasteiger partial charge is 0.171 e. The molecule has 22 heavy (non-hydrogen) atoms. The third-order valence-corrected chi connectivity index (χ3v) is 3.69. The third kappa shape index (κ3) is 3.76. The SMILES string of the molecule is COc1ccc(C)cc1NC(=S)NC(C)c1cn(C)nc1C. The molecule has 1 aromatic carbocycles. The maximum absolute atomic E-state index is 5.41. The number of hydrogen-bond acceptors (Lipinski definition) is 3. The Morgan fingerprint density at radius 3 is 2.68 bits per heavy atom. The Morgan fingerprint density at radius 1 is 1.36 bits per heavy atom. The van der Waals surface area contributed by atoms with Crippen LogP contribution in [0, 0.1) is 13.8 Å². The van der Waals surface area contributed by atoms with Crippen molar-refractivity contribution in [2.45, 2.75) is 26.8 Å². The normalized spacial score (nSPS) is 11.9. The molecule has 1 aromatic heterocycles. The van der Waals surface area contributed by atoms with Crippen molar-refractivity contribution < 1.29 is 4.74 Å². The lowest BCUT2D eigenvalue weighted by Gasteiger charge is -2.18. The summed E-state index contributed by atoms with van der Waals surface area (Å²) < 4.78 is 7.16. The van der Waals surface area contributed by atoms with Gasteiger partial charge in [-0.1, -0.05) is 6.07 Å². The fraction of sp³-hybridized carbons (Fsp3) is 0.375. The summed E-state index contributed by atoms with van der Waals surface area (Å²) in [6.45, 7) is 6.09. The fourth-order valence-electron chi connectivity index (χ4n) is 2.40. The molecular weight excluding hydrogens is 296 g/mol. The molecule has 6 heteroatoms. The first kappa shape index (κ1) is 16.3. The summed E-state index contributed by atoms with van der Waals surface area (Å²) in [7, 11) is 3.56. The largest absolute Gasteiger partial charge is 0.495 e. The minimum Gasteiger partial charge on any atom is -0.495 e. The van der Waals surface area contributed by atoms with Crippen molar-refractivity contribution in [2.24, 2.45) is 7.05 Å². The number of ether oxygens (including phenoxy) is 1. The van der Waals surface area contributed by atoms with Crippen LogP contribution in [0.3, 0.4) is 0 Å². The summed E-state index contributed by atoms with van der Waals surface area (Å²) in [5.74, 6) is 0.764. The highest BCUT2D eigenvalue weighted by atomic mass is 32.1. The minimum absolute atomic E-state index is 0.0736. The standard InChI is InChI=1S/C16H22N4OS/c1-10-6-7-15(21-5)14(8-10)18-16(22)17-11(2)13-9-20(4)19-12(13)3/h6-9,11H,1-5H3,(H2,17,18,22). The van der Waals surface area contributed by atoms with Crippen LogP contribution in [0.4, 0.5) is 5.69 Å². The number of benzene rings is 1. The van der Waals surface area contributed by atoms with Crippen molar-refractivity contribution >= 4 is 23.0 Å². The minimum atomic E-state index is 0.0736. The Labute approximate surface area is 136 Å². The molecule has 0 fully saturated rings. The molecule has 0 spiro atoms. The zero-order valence-corrected chi connectivity index (χ0v) is 14.4. The van der Waals surface area contributed by atoms with Crippen LogP contribution >= 0.6 is 12.2 Å². The van der Waals surface area contributed by atoms with Crippen molar-refractivity contribution in [3.8, 4) is 5.75 Å². The van der Waals surface area contributed by atoms with E-state index in [1.165, 1.54) is 0 Å². The zero-order valence-electron chi connectivity index (χ0n) is 13.6. The molecule has 0 aliphatic carbocycles. The quantitative estimate of drug-likeness (QED) is 0.849. The first-order valence-electron chi connectivity index (χ1n) is 7.13. The number of methoxy groups -OCH3 is 1. The third-order valence-electron chi connectivity index (χ3n) is 3.47. The van der Waals surface area contributed by atoms with Crippen LogP contribution in [-0.4, -0.2) is 22.0 Å². The maximum Gasteiger partial charge on any atom is 0.171 e. The van der Waals surface area contributed by atoms with Gasteiger partial charge in [-0.2, -0.15) is 5.10 Å². The van der Waals surface area contributed by atoms with Crippen LogP contribution < -0.4 is 15.4 Å². The van der Waals surface area contributed by atoms with Crippen molar-refractivity contribution in [1.82, 2.24) is 15.1 Å². The van der Waals surface area contributed by atoms with Gasteiger partial charge in [-0.25, -0.2) is 0 Å². The van der Waals surface area contributed by atoms with E-state index >= 15 is 0 Å². The molecule has 0 radical (unpaired) electrons. The van der Waals surface area contributed by atoms with E-state index < -0.39 is 0 Å². The van der Waals surface area contributed by atoms with Gasteiger partial charge in [-0.05, 0) is 50.7 Å². The molecule has 0 bridgehead atoms. The van der Waals surface area contributed by atoms with Gasteiger partial charge in [0.1, 0.15) is 5.75 Å². The Kier molecular flexibility index (Phi) is 5.03. The topological polar surface area (TPSA) is 51.1 Å². The van der Waals surface area contributed by atoms with E-state index in [4.69, 9.17) is 17.0 Å². The number of aromatic nitrogens is 2. The van der Waals surface area contributed by atoms with Crippen LogP contribution in [0.15, 0.2) is 24.4 Å². The lowest BCUT2D eigenvalue weighted by Crippen LogP contribution is -2.31. The zero-order chi connectivity index (χ0) is 16.3. The van der Waals surface area contributed by atoms with Gasteiger partial charge in [0.15, 0.2) is 5.11 Å². The Hall–Kier alpha value is -2.08. The average molecular weight is 318 g/mol. The molecular formula is C16H22N4OS. The molecule has 0 saturated heterocycles. The van der Waals surface area contributed by atoms with Crippen molar-refractivity contribution in [1.29, 1.82) is 0 Å². The van der Waals surface area contributed by atoms with Crippen molar-refractivity contribution in [2.75, 3.05) is 12.4 Å². The van der Waals surface area contributed by atoms with Gasteiger partial charge in [0.25, 0.3) is 0 Å². The second-order valence-electron chi connectivity index (χ2n) is 5.37. The Morgan fingerprint density at radius 2 is 2.09 bits per heavy atom. The molecule has 0 aliphatic heterocycles. The van der Waals surface area contributed by atoms with Crippen LogP contribution in [0.5, 0.6) is 5.75 Å². The van der Waals surface area contributed by atoms with E-state index in [1.54, 1.807) is 7.11 Å². The summed E-state index contributed by atoms with van der Waals surface area (Å²) in [5.41, 5.74) is 4.12. The van der Waals surface area contributed by atoms with Gasteiger partial charge in [0.05, 0.1) is 24.5 Å². The number of rotatable bonds is 4. The predicted octanol–water partition coefficient (Wildman–Crippen LogP) is 3.09. The highest BCUT2D eigenvalue weighted by Gasteiger charge is 2.13. The van der Waals surface area contributed by atoms with Crippen molar-refractivity contribution in [3.05, 3.63) is 41.2 Å². The number of thiocarbonyl (C=S) groups is 1. The Balaban J connectivity index is 2.07. The van der Waals surface area contributed by atoms with E-state index in [1.807, 2.05) is 50.0 Å². The van der Waals surface area contributed by atoms with Gasteiger partial charge < -0.3 is 15.4 Å². The molecule has 0 saturated carbocycles. The maximum atomic E-state index is 5.41. The molecule has 0 amide bonds. The van der Waals surface area contributed by atoms with E-state index in [-0.39, 0.29) is 6.04 Å². The summed E-state index contributed by atoms with van der Waals surface area (Å²) in [4.78, 5) is 0. The van der Waals surface area contributed by atoms with Gasteiger partial charge in [-0.3, -0.25) is 4.68 Å². The van der Waals surface area contributed by atoms with Gasteiger partial charge >= 0.3 is 0 Å². The number of hydrogen-bond donors (Lipinski definition) is 2. The molecule has 5 nitrogen and oxygen atoms in total. The molecule has 118 valence electrons. The highest BCUT2D eigenvalue weighted by Crippen LogP contribution is 2.25. The number of anilines is 1. The monoisotopic (exact) mass is 318 g/mol. The second kappa shape index (κ2) is 6.79. The van der Waals surface area contributed by atoms with Crippen molar-refractivity contribution in [3.63, 3.8) is 0 Å². The lowest BCUT2D eigenvalue weighted by molar-refractivity contribution is 0.417. The van der Waals surface area contributed by atoms with Crippen LogP contribution in [-0.2, 0) is 7.05 Å². The Bertz CT molecular complexity index is 681. The number of nitrogens with zero attached hydrogens (tertiary/aromatic N) is 2. The van der Waals surface area contributed by atoms with E-state index in [0.717, 1.165) is 28.3 Å². The first-order valence-corrected chi connectivity index (χ1v) is 7.54. The fourth-order valence-corrected chi connectivity index (χ4v) is 2.68. The first-order chi connectivity index (χ1) is 10.4. The summed E-state index contributed by atoms with van der Waals surface area (Å²) in [5, 5.41) is 11.4. The van der Waals surface area contributed by atoms with Gasteiger partial charge in [0.2, 0.25) is 0 Å². The van der Waals surface area contributed by atoms with Crippen LogP contribution in [0.25, 0.3) is 0 Å². The lowest BCUT2D eigenvalue weighted by atomic mass is 10.1. The molecule has 0 aliphatic rings. The van der Waals surface area contributed by atoms with E-state index in [2.05, 4.69) is 22.7 Å². The van der Waals surface area contributed by atoms with E-state index in [0.29, 0.717) is 5.11 Å². The highest BCUT2D eigenvalue weighted by molar-refractivity contribution is 7.80. The molecule has 1 heterocycles. The second-order valence-corrected chi connectivity index (χ2v) is 5.78. The number of nitrogens with one attached hydrogen (secondary N) is 2. The van der Waals surface area contributed by atoms with Crippen LogP contribution in [0.2, 0.25) is 0 Å². The molecule has 2 aromatic rings. The molecule has 1 atom stereocenters. The average Bonchev–Trinajstić information content (AvgIpc) is 2.78. The van der Waals surface area contributed by atoms with Gasteiger partial charge in [0, 0.05) is 18.8 Å². The molecule has 2 rings (SSSR count). The molecule has 2 N–H and O–H groups in total. The predicted molar refractivity (Wildman–Crippen MR) is 93.4 cm³/mol. The summed E-state index contributed by atoms with van der Waals surface area (Å²) in [6.07, 6.45) is 2.00.